The Balaban J connectivity index is 1.68. The highest BCUT2D eigenvalue weighted by atomic mass is 35.5. The topological polar surface area (TPSA) is 101 Å². The zero-order valence-corrected chi connectivity index (χ0v) is 16.2. The predicted octanol–water partition coefficient (Wildman–Crippen LogP) is 4.57. The lowest BCUT2D eigenvalue weighted by Gasteiger charge is -2.09. The number of nitro benzene ring substituents is 1. The Bertz CT molecular complexity index is 1120. The number of anilines is 1. The molecule has 0 aliphatic rings. The minimum Gasteiger partial charge on any atom is -0.348 e. The summed E-state index contributed by atoms with van der Waals surface area (Å²) in [5.74, 6) is -1.50. The first-order valence-corrected chi connectivity index (χ1v) is 9.09. The predicted molar refractivity (Wildman–Crippen MR) is 110 cm³/mol. The number of benzene rings is 3. The third-order valence-electron chi connectivity index (χ3n) is 4.14. The van der Waals surface area contributed by atoms with Gasteiger partial charge in [-0.15, -0.1) is 0 Å². The normalized spacial score (nSPS) is 10.3. The van der Waals surface area contributed by atoms with Crippen LogP contribution in [0.15, 0.2) is 66.7 Å². The van der Waals surface area contributed by atoms with Crippen LogP contribution in [0.5, 0.6) is 0 Å². The van der Waals surface area contributed by atoms with Crippen molar-refractivity contribution in [3.63, 3.8) is 0 Å². The van der Waals surface area contributed by atoms with Gasteiger partial charge in [0.25, 0.3) is 17.5 Å². The minimum absolute atomic E-state index is 0.0722. The quantitative estimate of drug-likeness (QED) is 0.444. The molecule has 0 unspecified atom stereocenters. The Labute approximate surface area is 175 Å². The summed E-state index contributed by atoms with van der Waals surface area (Å²) in [6.45, 7) is 0.0722. The fraction of sp³-hybridized carbons (Fsp3) is 0.0476. The molecule has 0 saturated carbocycles. The Kier molecular flexibility index (Phi) is 6.38. The van der Waals surface area contributed by atoms with Gasteiger partial charge < -0.3 is 10.6 Å². The highest BCUT2D eigenvalue weighted by Gasteiger charge is 2.20. The van der Waals surface area contributed by atoms with Crippen molar-refractivity contribution in [3.05, 3.63) is 104 Å². The van der Waals surface area contributed by atoms with Crippen molar-refractivity contribution < 1.29 is 18.9 Å². The third-order valence-corrected chi connectivity index (χ3v) is 4.38. The molecular weight excluding hydrogens is 413 g/mol. The number of rotatable bonds is 6. The fourth-order valence-corrected chi connectivity index (χ4v) is 2.86. The van der Waals surface area contributed by atoms with Crippen LogP contribution in [0.1, 0.15) is 26.3 Å². The van der Waals surface area contributed by atoms with Crippen molar-refractivity contribution in [1.82, 2.24) is 5.32 Å². The van der Waals surface area contributed by atoms with E-state index >= 15 is 0 Å². The number of hydrogen-bond acceptors (Lipinski definition) is 4. The van der Waals surface area contributed by atoms with E-state index in [-0.39, 0.29) is 22.8 Å². The Morgan fingerprint density at radius 3 is 2.43 bits per heavy atom. The number of nitrogens with zero attached hydrogens (tertiary/aromatic N) is 1. The van der Waals surface area contributed by atoms with Crippen LogP contribution in [0.4, 0.5) is 15.8 Å². The van der Waals surface area contributed by atoms with Crippen LogP contribution < -0.4 is 10.6 Å². The molecule has 0 atom stereocenters. The highest BCUT2D eigenvalue weighted by molar-refractivity contribution is 6.31. The van der Waals surface area contributed by atoms with Gasteiger partial charge in [0.2, 0.25) is 0 Å². The lowest BCUT2D eigenvalue weighted by molar-refractivity contribution is -0.385. The Morgan fingerprint density at radius 1 is 1.00 bits per heavy atom. The zero-order valence-electron chi connectivity index (χ0n) is 15.4. The van der Waals surface area contributed by atoms with E-state index in [0.29, 0.717) is 16.8 Å². The standard InChI is InChI=1S/C21H15ClFN3O4/c22-15-6-9-19(26(29)30)18(11-15)21(28)24-12-13-2-1-3-17(10-13)25-20(27)14-4-7-16(23)8-5-14/h1-11H,12H2,(H,24,28)(H,25,27). The second-order valence-electron chi connectivity index (χ2n) is 6.26. The van der Waals surface area contributed by atoms with Gasteiger partial charge in [0, 0.05) is 28.9 Å². The largest absolute Gasteiger partial charge is 0.348 e. The van der Waals surface area contributed by atoms with Crippen LogP contribution in [-0.2, 0) is 6.54 Å². The second kappa shape index (κ2) is 9.15. The number of carbonyl (C=O) groups excluding carboxylic acids is 2. The molecule has 0 aromatic heterocycles. The average molecular weight is 428 g/mol. The van der Waals surface area contributed by atoms with E-state index < -0.39 is 22.6 Å². The molecule has 152 valence electrons. The molecular formula is C21H15ClFN3O4. The molecule has 3 aromatic carbocycles. The molecule has 0 aliphatic heterocycles. The Hall–Kier alpha value is -3.78. The number of hydrogen-bond donors (Lipinski definition) is 2. The van der Waals surface area contributed by atoms with Crippen molar-refractivity contribution in [3.8, 4) is 0 Å². The van der Waals surface area contributed by atoms with Crippen LogP contribution in [0, 0.1) is 15.9 Å². The van der Waals surface area contributed by atoms with Gasteiger partial charge in [-0.1, -0.05) is 23.7 Å². The summed E-state index contributed by atoms with van der Waals surface area (Å²) in [6, 6.07) is 15.6. The maximum absolute atomic E-state index is 13.0. The number of amides is 2. The SMILES string of the molecule is O=C(Nc1cccc(CNC(=O)c2cc(Cl)ccc2[N+](=O)[O-])c1)c1ccc(F)cc1. The van der Waals surface area contributed by atoms with Crippen molar-refractivity contribution in [1.29, 1.82) is 0 Å². The van der Waals surface area contributed by atoms with E-state index in [9.17, 15) is 24.1 Å². The smallest absolute Gasteiger partial charge is 0.282 e. The monoisotopic (exact) mass is 427 g/mol. The van der Waals surface area contributed by atoms with E-state index in [4.69, 9.17) is 11.6 Å². The molecule has 0 fully saturated rings. The van der Waals surface area contributed by atoms with E-state index in [1.165, 1.54) is 42.5 Å². The van der Waals surface area contributed by atoms with Gasteiger partial charge in [-0.25, -0.2) is 4.39 Å². The third kappa shape index (κ3) is 5.18. The van der Waals surface area contributed by atoms with Crippen molar-refractivity contribution in [2.45, 2.75) is 6.54 Å². The van der Waals surface area contributed by atoms with Gasteiger partial charge in [-0.05, 0) is 54.1 Å². The van der Waals surface area contributed by atoms with Gasteiger partial charge in [0.1, 0.15) is 11.4 Å². The van der Waals surface area contributed by atoms with Crippen LogP contribution in [0.25, 0.3) is 0 Å². The number of nitrogens with one attached hydrogen (secondary N) is 2. The lowest BCUT2D eigenvalue weighted by Crippen LogP contribution is -2.23. The van der Waals surface area contributed by atoms with E-state index in [0.717, 1.165) is 0 Å². The van der Waals surface area contributed by atoms with E-state index in [1.807, 2.05) is 0 Å². The van der Waals surface area contributed by atoms with Gasteiger partial charge in [0.05, 0.1) is 4.92 Å². The second-order valence-corrected chi connectivity index (χ2v) is 6.70. The number of carbonyl (C=O) groups is 2. The first-order chi connectivity index (χ1) is 14.3. The van der Waals surface area contributed by atoms with Crippen molar-refractivity contribution >= 4 is 34.8 Å². The van der Waals surface area contributed by atoms with Crippen molar-refractivity contribution in [2.24, 2.45) is 0 Å². The zero-order chi connectivity index (χ0) is 21.7. The van der Waals surface area contributed by atoms with Gasteiger partial charge in [-0.3, -0.25) is 19.7 Å². The summed E-state index contributed by atoms with van der Waals surface area (Å²) < 4.78 is 13.0. The van der Waals surface area contributed by atoms with Crippen LogP contribution >= 0.6 is 11.6 Å². The van der Waals surface area contributed by atoms with E-state index in [1.54, 1.807) is 24.3 Å². The van der Waals surface area contributed by atoms with Crippen LogP contribution in [0.2, 0.25) is 5.02 Å². The van der Waals surface area contributed by atoms with Gasteiger partial charge in [-0.2, -0.15) is 0 Å². The molecule has 7 nitrogen and oxygen atoms in total. The summed E-state index contributed by atoms with van der Waals surface area (Å²) in [6.07, 6.45) is 0. The van der Waals surface area contributed by atoms with Crippen LogP contribution in [-0.4, -0.2) is 16.7 Å². The highest BCUT2D eigenvalue weighted by Crippen LogP contribution is 2.23. The molecule has 0 aliphatic carbocycles. The molecule has 3 aromatic rings. The molecule has 30 heavy (non-hydrogen) atoms. The molecule has 3 rings (SSSR count). The van der Waals surface area contributed by atoms with Gasteiger partial charge in [0.15, 0.2) is 0 Å². The first kappa shape index (κ1) is 20.9. The minimum atomic E-state index is -0.656. The molecule has 2 amide bonds. The first-order valence-electron chi connectivity index (χ1n) is 8.71. The molecule has 0 saturated heterocycles. The summed E-state index contributed by atoms with van der Waals surface area (Å²) in [4.78, 5) is 35.1. The molecule has 0 bridgehead atoms. The summed E-state index contributed by atoms with van der Waals surface area (Å²) >= 11 is 5.85. The molecule has 0 radical (unpaired) electrons. The molecule has 0 heterocycles. The number of halogens is 2. The van der Waals surface area contributed by atoms with Gasteiger partial charge >= 0.3 is 0 Å². The molecule has 2 N–H and O–H groups in total. The molecule has 0 spiro atoms. The summed E-state index contributed by atoms with van der Waals surface area (Å²) in [5.41, 5.74) is 0.934. The Morgan fingerprint density at radius 2 is 1.73 bits per heavy atom. The summed E-state index contributed by atoms with van der Waals surface area (Å²) in [5, 5.41) is 16.6. The maximum atomic E-state index is 13.0. The summed E-state index contributed by atoms with van der Waals surface area (Å²) in [7, 11) is 0. The maximum Gasteiger partial charge on any atom is 0.282 e. The van der Waals surface area contributed by atoms with E-state index in [2.05, 4.69) is 10.6 Å². The average Bonchev–Trinajstić information content (AvgIpc) is 2.72. The lowest BCUT2D eigenvalue weighted by atomic mass is 10.1. The molecule has 9 heteroatoms. The van der Waals surface area contributed by atoms with Crippen molar-refractivity contribution in [2.75, 3.05) is 5.32 Å². The number of nitro groups is 1. The fourth-order valence-electron chi connectivity index (χ4n) is 2.69. The van der Waals surface area contributed by atoms with Crippen LogP contribution in [0.3, 0.4) is 0 Å².